The van der Waals surface area contributed by atoms with E-state index >= 15 is 0 Å². The summed E-state index contributed by atoms with van der Waals surface area (Å²) in [6.07, 6.45) is 0.310. The van der Waals surface area contributed by atoms with Crippen molar-refractivity contribution in [3.05, 3.63) is 24.3 Å². The maximum Gasteiger partial charge on any atom is 0.334 e. The highest BCUT2D eigenvalue weighted by atomic mass is 16.6. The summed E-state index contributed by atoms with van der Waals surface area (Å²) in [5.74, 6) is -1.50. The van der Waals surface area contributed by atoms with Crippen LogP contribution in [0.4, 0.5) is 0 Å². The molecule has 1 aliphatic heterocycles. The summed E-state index contributed by atoms with van der Waals surface area (Å²) < 4.78 is 11.3. The molecule has 3 fully saturated rings. The third-order valence-electron chi connectivity index (χ3n) is 6.02. The average molecular weight is 334 g/mol. The summed E-state index contributed by atoms with van der Waals surface area (Å²) in [4.78, 5) is 24.3. The van der Waals surface area contributed by atoms with Gasteiger partial charge in [-0.2, -0.15) is 0 Å². The van der Waals surface area contributed by atoms with Gasteiger partial charge in [-0.3, -0.25) is 4.79 Å². The number of carbonyl (C=O) groups excluding carboxylic acids is 2. The van der Waals surface area contributed by atoms with E-state index in [4.69, 9.17) is 9.47 Å². The second-order valence-corrected chi connectivity index (χ2v) is 7.95. The summed E-state index contributed by atoms with van der Waals surface area (Å²) in [6.45, 7) is 13.6. The molecule has 5 heteroatoms. The zero-order valence-corrected chi connectivity index (χ0v) is 14.6. The van der Waals surface area contributed by atoms with Crippen LogP contribution in [0.2, 0.25) is 0 Å². The number of aliphatic hydroxyl groups is 1. The van der Waals surface area contributed by atoms with Crippen LogP contribution in [0.25, 0.3) is 0 Å². The van der Waals surface area contributed by atoms with Gasteiger partial charge in [-0.15, -0.1) is 0 Å². The van der Waals surface area contributed by atoms with Gasteiger partial charge in [-0.25, -0.2) is 4.79 Å². The maximum atomic E-state index is 12.1. The first-order valence-electron chi connectivity index (χ1n) is 8.62. The van der Waals surface area contributed by atoms with Crippen LogP contribution >= 0.6 is 0 Å². The number of hydrogen-bond donors (Lipinski definition) is 1. The van der Waals surface area contributed by atoms with Crippen molar-refractivity contribution in [2.75, 3.05) is 0 Å². The molecule has 24 heavy (non-hydrogen) atoms. The van der Waals surface area contributed by atoms with Gasteiger partial charge in [0.05, 0.1) is 17.9 Å². The Morgan fingerprint density at radius 1 is 1.42 bits per heavy atom. The van der Waals surface area contributed by atoms with Crippen LogP contribution < -0.4 is 0 Å². The number of esters is 2. The van der Waals surface area contributed by atoms with Crippen LogP contribution in [0.5, 0.6) is 0 Å². The van der Waals surface area contributed by atoms with E-state index in [1.54, 1.807) is 13.8 Å². The third-order valence-corrected chi connectivity index (χ3v) is 6.02. The highest BCUT2D eigenvalue weighted by Gasteiger charge is 2.62. The topological polar surface area (TPSA) is 72.8 Å². The minimum absolute atomic E-state index is 0.136. The van der Waals surface area contributed by atoms with E-state index in [1.807, 2.05) is 6.92 Å². The Kier molecular flexibility index (Phi) is 4.11. The van der Waals surface area contributed by atoms with Crippen molar-refractivity contribution in [1.29, 1.82) is 0 Å². The van der Waals surface area contributed by atoms with Crippen molar-refractivity contribution >= 4 is 11.9 Å². The molecular weight excluding hydrogens is 308 g/mol. The van der Waals surface area contributed by atoms with Gasteiger partial charge in [0.2, 0.25) is 0 Å². The van der Waals surface area contributed by atoms with Gasteiger partial charge in [-0.1, -0.05) is 39.5 Å². The third kappa shape index (κ3) is 2.41. The molecular formula is C19H26O5. The summed E-state index contributed by atoms with van der Waals surface area (Å²) >= 11 is 0. The maximum absolute atomic E-state index is 12.1. The lowest BCUT2D eigenvalue weighted by molar-refractivity contribution is -0.180. The molecule has 0 bridgehead atoms. The molecule has 0 radical (unpaired) electrons. The zero-order chi connectivity index (χ0) is 17.8. The number of hydrogen-bond acceptors (Lipinski definition) is 5. The van der Waals surface area contributed by atoms with Gasteiger partial charge >= 0.3 is 11.9 Å². The Morgan fingerprint density at radius 2 is 2.08 bits per heavy atom. The molecule has 6 unspecified atom stereocenters. The van der Waals surface area contributed by atoms with Gasteiger partial charge in [0.15, 0.2) is 0 Å². The monoisotopic (exact) mass is 334 g/mol. The van der Waals surface area contributed by atoms with E-state index in [1.165, 1.54) is 0 Å². The Morgan fingerprint density at radius 3 is 2.71 bits per heavy atom. The number of carbonyl (C=O) groups is 2. The molecule has 2 saturated carbocycles. The first kappa shape index (κ1) is 17.2. The van der Waals surface area contributed by atoms with Gasteiger partial charge in [0.1, 0.15) is 12.2 Å². The van der Waals surface area contributed by atoms with E-state index in [0.29, 0.717) is 24.8 Å². The van der Waals surface area contributed by atoms with Crippen LogP contribution in [0.1, 0.15) is 40.0 Å². The van der Waals surface area contributed by atoms with Crippen LogP contribution in [-0.2, 0) is 19.1 Å². The van der Waals surface area contributed by atoms with Gasteiger partial charge in [-0.05, 0) is 19.3 Å². The standard InChI is InChI=1S/C19H26O5/c1-9(2)17(21)23-12-8-19(5)13(20)7-6-10(3)15(19)16-14(12)11(4)18(22)24-16/h9,12-16,20H,3-4,6-8H2,1-2,5H3. The largest absolute Gasteiger partial charge is 0.461 e. The molecule has 3 rings (SSSR count). The molecule has 6 atom stereocenters. The molecule has 132 valence electrons. The molecule has 2 aliphatic carbocycles. The van der Waals surface area contributed by atoms with Crippen molar-refractivity contribution in [3.63, 3.8) is 0 Å². The molecule has 3 aliphatic rings. The quantitative estimate of drug-likeness (QED) is 0.477. The molecule has 0 aromatic carbocycles. The normalized spacial score (nSPS) is 41.7. The van der Waals surface area contributed by atoms with Crippen molar-refractivity contribution in [3.8, 4) is 0 Å². The molecule has 0 aromatic rings. The minimum Gasteiger partial charge on any atom is -0.461 e. The van der Waals surface area contributed by atoms with Crippen molar-refractivity contribution < 1.29 is 24.2 Å². The lowest BCUT2D eigenvalue weighted by Crippen LogP contribution is -2.58. The minimum atomic E-state index is -0.540. The fraction of sp³-hybridized carbons (Fsp3) is 0.684. The first-order valence-corrected chi connectivity index (χ1v) is 8.62. The van der Waals surface area contributed by atoms with Gasteiger partial charge < -0.3 is 14.6 Å². The second kappa shape index (κ2) is 5.73. The van der Waals surface area contributed by atoms with Gasteiger partial charge in [0, 0.05) is 16.9 Å². The fourth-order valence-electron chi connectivity index (χ4n) is 4.63. The zero-order valence-electron chi connectivity index (χ0n) is 14.6. The van der Waals surface area contributed by atoms with Gasteiger partial charge in [0.25, 0.3) is 0 Å². The predicted molar refractivity (Wildman–Crippen MR) is 87.8 cm³/mol. The van der Waals surface area contributed by atoms with Crippen LogP contribution in [0, 0.1) is 23.2 Å². The Hall–Kier alpha value is -1.62. The number of aliphatic hydroxyl groups excluding tert-OH is 1. The lowest BCUT2D eigenvalue weighted by Gasteiger charge is -2.54. The van der Waals surface area contributed by atoms with Crippen LogP contribution in [0.15, 0.2) is 24.3 Å². The summed E-state index contributed by atoms with van der Waals surface area (Å²) in [7, 11) is 0. The molecule has 5 nitrogen and oxygen atoms in total. The highest BCUT2D eigenvalue weighted by molar-refractivity contribution is 5.91. The van der Waals surface area contributed by atoms with Crippen LogP contribution in [-0.4, -0.2) is 35.4 Å². The van der Waals surface area contributed by atoms with Crippen LogP contribution in [0.3, 0.4) is 0 Å². The molecule has 0 amide bonds. The predicted octanol–water partition coefficient (Wildman–Crippen LogP) is 2.39. The van der Waals surface area contributed by atoms with E-state index in [0.717, 1.165) is 5.57 Å². The molecule has 1 heterocycles. The van der Waals surface area contributed by atoms with Crippen molar-refractivity contribution in [2.45, 2.75) is 58.3 Å². The number of fused-ring (bicyclic) bond motifs is 3. The number of ether oxygens (including phenoxy) is 2. The first-order chi connectivity index (χ1) is 11.2. The summed E-state index contributed by atoms with van der Waals surface area (Å²) in [6, 6.07) is 0. The SMILES string of the molecule is C=C1C(=O)OC2C1C(OC(=O)C(C)C)CC1(C)C(O)CCC(=C)C21. The Balaban J connectivity index is 1.99. The Bertz CT molecular complexity index is 607. The van der Waals surface area contributed by atoms with Crippen molar-refractivity contribution in [1.82, 2.24) is 0 Å². The number of rotatable bonds is 2. The average Bonchev–Trinajstić information content (AvgIpc) is 2.78. The summed E-state index contributed by atoms with van der Waals surface area (Å²) in [5, 5.41) is 10.6. The fourth-order valence-corrected chi connectivity index (χ4v) is 4.63. The molecule has 0 aromatic heterocycles. The van der Waals surface area contributed by atoms with Crippen molar-refractivity contribution in [2.24, 2.45) is 23.2 Å². The van der Waals surface area contributed by atoms with E-state index in [9.17, 15) is 14.7 Å². The Labute approximate surface area is 142 Å². The smallest absolute Gasteiger partial charge is 0.334 e. The highest BCUT2D eigenvalue weighted by Crippen LogP contribution is 2.57. The second-order valence-electron chi connectivity index (χ2n) is 7.95. The molecule has 1 saturated heterocycles. The molecule has 1 N–H and O–H groups in total. The molecule has 0 spiro atoms. The van der Waals surface area contributed by atoms with E-state index in [-0.39, 0.29) is 23.7 Å². The van der Waals surface area contributed by atoms with E-state index < -0.39 is 29.7 Å². The lowest BCUT2D eigenvalue weighted by atomic mass is 9.53. The summed E-state index contributed by atoms with van der Waals surface area (Å²) in [5.41, 5.74) is 0.828. The van der Waals surface area contributed by atoms with E-state index in [2.05, 4.69) is 13.2 Å².